The van der Waals surface area contributed by atoms with Crippen molar-refractivity contribution >= 4 is 56.3 Å². The summed E-state index contributed by atoms with van der Waals surface area (Å²) in [5.41, 5.74) is 0.803. The van der Waals surface area contributed by atoms with Crippen molar-refractivity contribution in [3.8, 4) is 5.75 Å². The molecule has 0 radical (unpaired) electrons. The fraction of sp³-hybridized carbons (Fsp3) is 0.353. The van der Waals surface area contributed by atoms with Gasteiger partial charge in [-0.25, -0.2) is 8.42 Å². The van der Waals surface area contributed by atoms with Crippen LogP contribution >= 0.6 is 34.7 Å². The number of carbonyl (C=O) groups is 1. The van der Waals surface area contributed by atoms with Crippen LogP contribution in [0, 0.1) is 6.92 Å². The summed E-state index contributed by atoms with van der Waals surface area (Å²) in [4.78, 5) is 13.3. The predicted octanol–water partition coefficient (Wildman–Crippen LogP) is 3.71. The van der Waals surface area contributed by atoms with Crippen LogP contribution in [0.1, 0.15) is 15.2 Å². The molecule has 10 heteroatoms. The number of halogens is 1. The molecule has 1 aliphatic heterocycles. The molecule has 1 aliphatic rings. The molecule has 1 N–H and O–H groups in total. The third kappa shape index (κ3) is 4.43. The molecular formula is C17H19ClN2O4S3. The molecule has 2 aromatic rings. The van der Waals surface area contributed by atoms with Gasteiger partial charge >= 0.3 is 0 Å². The van der Waals surface area contributed by atoms with Gasteiger partial charge in [0.1, 0.15) is 9.96 Å². The Morgan fingerprint density at radius 3 is 2.63 bits per heavy atom. The molecular weight excluding hydrogens is 428 g/mol. The summed E-state index contributed by atoms with van der Waals surface area (Å²) in [6.07, 6.45) is 0. The lowest BCUT2D eigenvalue weighted by atomic mass is 10.2. The Hall–Kier alpha value is -1.26. The first kappa shape index (κ1) is 20.5. The van der Waals surface area contributed by atoms with Crippen LogP contribution in [0.25, 0.3) is 0 Å². The molecule has 6 nitrogen and oxygen atoms in total. The molecule has 146 valence electrons. The second-order valence-corrected chi connectivity index (χ2v) is 10.9. The molecule has 0 bridgehead atoms. The van der Waals surface area contributed by atoms with Gasteiger partial charge in [0.15, 0.2) is 0 Å². The molecule has 3 rings (SSSR count). The lowest BCUT2D eigenvalue weighted by Gasteiger charge is -2.24. The maximum Gasteiger partial charge on any atom is 0.259 e. The number of aryl methyl sites for hydroxylation is 1. The molecule has 1 amide bonds. The van der Waals surface area contributed by atoms with Gasteiger partial charge in [0.2, 0.25) is 0 Å². The van der Waals surface area contributed by atoms with E-state index in [4.69, 9.17) is 16.3 Å². The van der Waals surface area contributed by atoms with Crippen molar-refractivity contribution in [2.45, 2.75) is 11.1 Å². The van der Waals surface area contributed by atoms with E-state index in [2.05, 4.69) is 5.32 Å². The van der Waals surface area contributed by atoms with Crippen molar-refractivity contribution < 1.29 is 17.9 Å². The van der Waals surface area contributed by atoms with Crippen LogP contribution in [-0.2, 0) is 10.0 Å². The van der Waals surface area contributed by atoms with Crippen molar-refractivity contribution in [1.29, 1.82) is 0 Å². The Bertz CT molecular complexity index is 953. The summed E-state index contributed by atoms with van der Waals surface area (Å²) in [5.74, 6) is 1.56. The normalized spacial score (nSPS) is 15.5. The van der Waals surface area contributed by atoms with E-state index in [1.54, 1.807) is 36.9 Å². The molecule has 0 saturated carbocycles. The smallest absolute Gasteiger partial charge is 0.259 e. The van der Waals surface area contributed by atoms with Gasteiger partial charge in [-0.3, -0.25) is 4.79 Å². The monoisotopic (exact) mass is 446 g/mol. The van der Waals surface area contributed by atoms with E-state index in [0.717, 1.165) is 27.7 Å². The first-order valence-corrected chi connectivity index (χ1v) is 11.9. The average molecular weight is 447 g/mol. The van der Waals surface area contributed by atoms with Gasteiger partial charge in [0, 0.05) is 34.5 Å². The number of ether oxygens (including phenoxy) is 1. The number of methoxy groups -OCH3 is 1. The van der Waals surface area contributed by atoms with Gasteiger partial charge in [-0.2, -0.15) is 16.1 Å². The fourth-order valence-electron chi connectivity index (χ4n) is 2.66. The number of hydrogen-bond donors (Lipinski definition) is 1. The van der Waals surface area contributed by atoms with Crippen molar-refractivity contribution in [3.05, 3.63) is 39.7 Å². The summed E-state index contributed by atoms with van der Waals surface area (Å²) in [6, 6.07) is 6.25. The minimum Gasteiger partial charge on any atom is -0.496 e. The lowest BCUT2D eigenvalue weighted by molar-refractivity contribution is 0.102. The van der Waals surface area contributed by atoms with E-state index >= 15 is 0 Å². The van der Waals surface area contributed by atoms with Crippen molar-refractivity contribution in [2.75, 3.05) is 37.0 Å². The zero-order valence-corrected chi connectivity index (χ0v) is 18.0. The number of hydrogen-bond acceptors (Lipinski definition) is 6. The Labute approximate surface area is 171 Å². The van der Waals surface area contributed by atoms with E-state index in [-0.39, 0.29) is 10.1 Å². The Kier molecular flexibility index (Phi) is 6.37. The number of nitrogens with one attached hydrogen (secondary N) is 1. The number of thiophene rings is 1. The molecule has 1 aromatic carbocycles. The zero-order chi connectivity index (χ0) is 19.6. The second-order valence-electron chi connectivity index (χ2n) is 5.85. The summed E-state index contributed by atoms with van der Waals surface area (Å²) in [6.45, 7) is 2.80. The fourth-order valence-corrected chi connectivity index (χ4v) is 6.95. The largest absolute Gasteiger partial charge is 0.496 e. The van der Waals surface area contributed by atoms with Crippen LogP contribution in [-0.4, -0.2) is 50.3 Å². The van der Waals surface area contributed by atoms with E-state index in [1.165, 1.54) is 17.5 Å². The number of benzene rings is 1. The van der Waals surface area contributed by atoms with Crippen molar-refractivity contribution in [2.24, 2.45) is 0 Å². The van der Waals surface area contributed by atoms with E-state index in [0.29, 0.717) is 35.1 Å². The molecule has 0 spiro atoms. The predicted molar refractivity (Wildman–Crippen MR) is 111 cm³/mol. The number of carbonyl (C=O) groups excluding carboxylic acids is 1. The zero-order valence-electron chi connectivity index (χ0n) is 14.8. The molecule has 1 saturated heterocycles. The van der Waals surface area contributed by atoms with Crippen molar-refractivity contribution in [3.63, 3.8) is 0 Å². The van der Waals surface area contributed by atoms with Crippen LogP contribution in [0.3, 0.4) is 0 Å². The standard InChI is InChI=1S/C17H19ClN2O4S3/c1-11-14(19-17(21)13-4-3-12(18)9-15(13)24-2)10-16(26-11)27(22,23)20-5-7-25-8-6-20/h3-4,9-10H,5-8H2,1-2H3,(H,19,21). The Morgan fingerprint density at radius 2 is 1.96 bits per heavy atom. The molecule has 1 fully saturated rings. The molecule has 1 aromatic heterocycles. The summed E-state index contributed by atoms with van der Waals surface area (Å²) in [7, 11) is -2.08. The highest BCUT2D eigenvalue weighted by molar-refractivity contribution is 7.99. The Balaban J connectivity index is 1.84. The van der Waals surface area contributed by atoms with Gasteiger partial charge in [-0.1, -0.05) is 11.6 Å². The van der Waals surface area contributed by atoms with Crippen molar-refractivity contribution in [1.82, 2.24) is 4.31 Å². The first-order valence-electron chi connectivity index (χ1n) is 8.16. The minimum absolute atomic E-state index is 0.241. The molecule has 2 heterocycles. The quantitative estimate of drug-likeness (QED) is 0.757. The highest BCUT2D eigenvalue weighted by Crippen LogP contribution is 2.33. The van der Waals surface area contributed by atoms with E-state index < -0.39 is 10.0 Å². The SMILES string of the molecule is COc1cc(Cl)ccc1C(=O)Nc1cc(S(=O)(=O)N2CCSCC2)sc1C. The number of thioether (sulfide) groups is 1. The number of rotatable bonds is 5. The van der Waals surface area contributed by atoms with E-state index in [9.17, 15) is 13.2 Å². The average Bonchev–Trinajstić information content (AvgIpc) is 3.03. The van der Waals surface area contributed by atoms with Gasteiger partial charge in [0.05, 0.1) is 18.4 Å². The highest BCUT2D eigenvalue weighted by atomic mass is 35.5. The highest BCUT2D eigenvalue weighted by Gasteiger charge is 2.29. The van der Waals surface area contributed by atoms with Gasteiger partial charge in [-0.05, 0) is 31.2 Å². The number of nitrogens with zero attached hydrogens (tertiary/aromatic N) is 1. The maximum atomic E-state index is 12.8. The molecule has 0 atom stereocenters. The second kappa shape index (κ2) is 8.40. The lowest BCUT2D eigenvalue weighted by Crippen LogP contribution is -2.37. The number of anilines is 1. The van der Waals surface area contributed by atoms with Gasteiger partial charge in [-0.15, -0.1) is 11.3 Å². The topological polar surface area (TPSA) is 75.7 Å². The molecule has 27 heavy (non-hydrogen) atoms. The number of sulfonamides is 1. The molecule has 0 unspecified atom stereocenters. The van der Waals surface area contributed by atoms with Gasteiger partial charge < -0.3 is 10.1 Å². The first-order chi connectivity index (χ1) is 12.8. The van der Waals surface area contributed by atoms with Crippen LogP contribution in [0.2, 0.25) is 5.02 Å². The van der Waals surface area contributed by atoms with Gasteiger partial charge in [0.25, 0.3) is 15.9 Å². The maximum absolute atomic E-state index is 12.8. The summed E-state index contributed by atoms with van der Waals surface area (Å²) < 4.78 is 32.6. The molecule has 0 aliphatic carbocycles. The third-order valence-corrected chi connectivity index (χ3v) is 8.69. The minimum atomic E-state index is -3.54. The van der Waals surface area contributed by atoms with Crippen LogP contribution in [0.4, 0.5) is 5.69 Å². The van der Waals surface area contributed by atoms with Crippen LogP contribution in [0.5, 0.6) is 5.75 Å². The summed E-state index contributed by atoms with van der Waals surface area (Å²) >= 11 is 8.84. The van der Waals surface area contributed by atoms with E-state index in [1.807, 2.05) is 0 Å². The summed E-state index contributed by atoms with van der Waals surface area (Å²) in [5, 5.41) is 3.24. The van der Waals surface area contributed by atoms with Crippen LogP contribution in [0.15, 0.2) is 28.5 Å². The van der Waals surface area contributed by atoms with Crippen LogP contribution < -0.4 is 10.1 Å². The number of amides is 1. The Morgan fingerprint density at radius 1 is 1.26 bits per heavy atom. The third-order valence-electron chi connectivity index (χ3n) is 4.12.